The Hall–Kier alpha value is -5.93. The number of hydrogen-bond donors (Lipinski definition) is 0. The van der Waals surface area contributed by atoms with Crippen molar-refractivity contribution in [1.82, 2.24) is 4.98 Å². The molecule has 0 saturated carbocycles. The van der Waals surface area contributed by atoms with Crippen molar-refractivity contribution in [2.24, 2.45) is 0 Å². The fourth-order valence-electron chi connectivity index (χ4n) is 5.89. The van der Waals surface area contributed by atoms with Gasteiger partial charge in [-0.25, -0.2) is 4.98 Å². The minimum Gasteiger partial charge on any atom is -0.434 e. The summed E-state index contributed by atoms with van der Waals surface area (Å²) in [5.41, 5.74) is 10.3. The van der Waals surface area contributed by atoms with Crippen LogP contribution in [-0.4, -0.2) is 4.98 Å². The van der Waals surface area contributed by atoms with Gasteiger partial charge in [0.15, 0.2) is 5.58 Å². The Kier molecular flexibility index (Phi) is 6.47. The average Bonchev–Trinajstić information content (AvgIpc) is 3.57. The summed E-state index contributed by atoms with van der Waals surface area (Å²) in [4.78, 5) is 7.33. The van der Waals surface area contributed by atoms with Crippen molar-refractivity contribution in [3.8, 4) is 33.7 Å². The lowest BCUT2D eigenvalue weighted by atomic mass is 10.0. The minimum atomic E-state index is 0.608. The number of nitrogens with zero attached hydrogens (tertiary/aromatic N) is 2. The van der Waals surface area contributed by atoms with Crippen LogP contribution in [0, 0.1) is 0 Å². The van der Waals surface area contributed by atoms with Gasteiger partial charge in [0, 0.05) is 22.3 Å². The van der Waals surface area contributed by atoms with E-state index in [1.807, 2.05) is 42.5 Å². The molecule has 1 heterocycles. The third kappa shape index (κ3) is 4.71. The summed E-state index contributed by atoms with van der Waals surface area (Å²) in [6.07, 6.45) is 0. The molecular weight excluding hydrogens is 536 g/mol. The summed E-state index contributed by atoms with van der Waals surface area (Å²) >= 11 is 0. The van der Waals surface area contributed by atoms with Crippen molar-refractivity contribution >= 4 is 38.9 Å². The molecule has 8 rings (SSSR count). The van der Waals surface area contributed by atoms with Crippen LogP contribution in [0.3, 0.4) is 0 Å². The summed E-state index contributed by atoms with van der Waals surface area (Å²) in [7, 11) is 0. The zero-order chi connectivity index (χ0) is 29.3. The molecular formula is C41H28N2O. The third-order valence-electron chi connectivity index (χ3n) is 8.09. The average molecular weight is 565 g/mol. The van der Waals surface area contributed by atoms with Crippen molar-refractivity contribution in [2.75, 3.05) is 4.90 Å². The van der Waals surface area contributed by atoms with Crippen molar-refractivity contribution in [2.45, 2.75) is 0 Å². The molecule has 0 bridgehead atoms. The quantitative estimate of drug-likeness (QED) is 0.201. The molecule has 0 aliphatic carbocycles. The molecule has 0 N–H and O–H groups in total. The summed E-state index contributed by atoms with van der Waals surface area (Å²) in [6, 6.07) is 59.1. The van der Waals surface area contributed by atoms with Crippen LogP contribution in [0.15, 0.2) is 174 Å². The Morgan fingerprint density at radius 2 is 0.886 bits per heavy atom. The third-order valence-corrected chi connectivity index (χ3v) is 8.09. The van der Waals surface area contributed by atoms with Gasteiger partial charge in [-0.2, -0.15) is 0 Å². The van der Waals surface area contributed by atoms with Gasteiger partial charge in [-0.1, -0.05) is 127 Å². The van der Waals surface area contributed by atoms with E-state index in [1.165, 1.54) is 22.3 Å². The van der Waals surface area contributed by atoms with Gasteiger partial charge in [-0.05, 0) is 70.1 Å². The molecule has 0 atom stereocenters. The summed E-state index contributed by atoms with van der Waals surface area (Å²) in [5, 5.41) is 2.17. The van der Waals surface area contributed by atoms with Crippen molar-refractivity contribution in [1.29, 1.82) is 0 Å². The van der Waals surface area contributed by atoms with E-state index in [9.17, 15) is 0 Å². The van der Waals surface area contributed by atoms with E-state index >= 15 is 0 Å². The van der Waals surface area contributed by atoms with Gasteiger partial charge in [-0.3, -0.25) is 0 Å². The number of benzene rings is 7. The molecule has 0 aliphatic heterocycles. The van der Waals surface area contributed by atoms with Gasteiger partial charge in [0.2, 0.25) is 5.89 Å². The highest BCUT2D eigenvalue weighted by molar-refractivity contribution is 6.11. The maximum Gasteiger partial charge on any atom is 0.227 e. The predicted molar refractivity (Wildman–Crippen MR) is 183 cm³/mol. The number of hydrogen-bond acceptors (Lipinski definition) is 3. The Bertz CT molecular complexity index is 2100. The van der Waals surface area contributed by atoms with Crippen LogP contribution < -0.4 is 4.90 Å². The van der Waals surface area contributed by atoms with Crippen molar-refractivity contribution in [3.05, 3.63) is 170 Å². The Balaban J connectivity index is 1.34. The van der Waals surface area contributed by atoms with E-state index in [1.54, 1.807) is 0 Å². The number of rotatable bonds is 6. The Morgan fingerprint density at radius 3 is 1.43 bits per heavy atom. The van der Waals surface area contributed by atoms with Crippen LogP contribution in [0.1, 0.15) is 0 Å². The molecule has 0 saturated heterocycles. The summed E-state index contributed by atoms with van der Waals surface area (Å²) in [5.74, 6) is 0.608. The Morgan fingerprint density at radius 1 is 0.432 bits per heavy atom. The number of fused-ring (bicyclic) bond motifs is 3. The second-order valence-corrected chi connectivity index (χ2v) is 10.8. The highest BCUT2D eigenvalue weighted by Gasteiger charge is 2.22. The number of oxazole rings is 1. The van der Waals surface area contributed by atoms with Gasteiger partial charge in [0.1, 0.15) is 5.52 Å². The fourth-order valence-corrected chi connectivity index (χ4v) is 5.89. The lowest BCUT2D eigenvalue weighted by Gasteiger charge is -2.26. The maximum atomic E-state index is 6.65. The van der Waals surface area contributed by atoms with E-state index in [0.29, 0.717) is 5.89 Å². The first-order chi connectivity index (χ1) is 21.8. The molecule has 3 heteroatoms. The van der Waals surface area contributed by atoms with Crippen LogP contribution in [0.2, 0.25) is 0 Å². The van der Waals surface area contributed by atoms with Gasteiger partial charge in [0.25, 0.3) is 0 Å². The summed E-state index contributed by atoms with van der Waals surface area (Å²) < 4.78 is 6.65. The van der Waals surface area contributed by atoms with Gasteiger partial charge in [0.05, 0.1) is 5.69 Å². The molecule has 0 fully saturated rings. The topological polar surface area (TPSA) is 29.3 Å². The van der Waals surface area contributed by atoms with Crippen LogP contribution in [0.5, 0.6) is 0 Å². The second-order valence-electron chi connectivity index (χ2n) is 10.8. The summed E-state index contributed by atoms with van der Waals surface area (Å²) in [6.45, 7) is 0. The van der Waals surface area contributed by atoms with Gasteiger partial charge >= 0.3 is 0 Å². The number of aromatic nitrogens is 1. The molecule has 7 aromatic carbocycles. The first-order valence-corrected chi connectivity index (χ1v) is 14.8. The van der Waals surface area contributed by atoms with E-state index in [4.69, 9.17) is 9.40 Å². The Labute approximate surface area is 256 Å². The van der Waals surface area contributed by atoms with E-state index in [2.05, 4.69) is 132 Å². The highest BCUT2D eigenvalue weighted by Crippen LogP contribution is 2.44. The van der Waals surface area contributed by atoms with Crippen molar-refractivity contribution < 1.29 is 4.42 Å². The zero-order valence-electron chi connectivity index (χ0n) is 24.0. The smallest absolute Gasteiger partial charge is 0.227 e. The predicted octanol–water partition coefficient (Wildman–Crippen LogP) is 11.5. The molecule has 0 amide bonds. The lowest BCUT2D eigenvalue weighted by Crippen LogP contribution is -2.10. The standard InChI is InChI=1S/C41H28N2O/c1-4-12-29(13-5-1)31-20-24-35(25-21-31)43(36-26-22-32(23-27-36)30-14-6-2-7-15-30)38-28-34-18-10-11-19-37(34)39-40(38)44-41(42-39)33-16-8-3-9-17-33/h1-28H. The fraction of sp³-hybridized carbons (Fsp3) is 0. The molecule has 0 spiro atoms. The molecule has 208 valence electrons. The largest absolute Gasteiger partial charge is 0.434 e. The number of anilines is 3. The van der Waals surface area contributed by atoms with E-state index in [-0.39, 0.29) is 0 Å². The molecule has 1 aromatic heterocycles. The molecule has 44 heavy (non-hydrogen) atoms. The molecule has 0 unspecified atom stereocenters. The zero-order valence-corrected chi connectivity index (χ0v) is 24.0. The first kappa shape index (κ1) is 25.8. The molecule has 3 nitrogen and oxygen atoms in total. The van der Waals surface area contributed by atoms with Crippen LogP contribution in [0.4, 0.5) is 17.1 Å². The minimum absolute atomic E-state index is 0.608. The SMILES string of the molecule is c1ccc(-c2ccc(N(c3ccc(-c4ccccc4)cc3)c3cc4ccccc4c4nc(-c5ccccc5)oc34)cc2)cc1. The molecule has 8 aromatic rings. The van der Waals surface area contributed by atoms with Crippen LogP contribution in [0.25, 0.3) is 55.6 Å². The van der Waals surface area contributed by atoms with Gasteiger partial charge in [-0.15, -0.1) is 0 Å². The highest BCUT2D eigenvalue weighted by atomic mass is 16.3. The van der Waals surface area contributed by atoms with Crippen LogP contribution in [-0.2, 0) is 0 Å². The molecule has 0 radical (unpaired) electrons. The molecule has 0 aliphatic rings. The monoisotopic (exact) mass is 564 g/mol. The van der Waals surface area contributed by atoms with Gasteiger partial charge < -0.3 is 9.32 Å². The van der Waals surface area contributed by atoms with E-state index in [0.717, 1.165) is 44.5 Å². The second kappa shape index (κ2) is 11.0. The normalized spacial score (nSPS) is 11.2. The van der Waals surface area contributed by atoms with E-state index < -0.39 is 0 Å². The van der Waals surface area contributed by atoms with Crippen molar-refractivity contribution in [3.63, 3.8) is 0 Å². The maximum absolute atomic E-state index is 6.65. The lowest BCUT2D eigenvalue weighted by molar-refractivity contribution is 0.620. The first-order valence-electron chi connectivity index (χ1n) is 14.8. The van der Waals surface area contributed by atoms with Crippen LogP contribution >= 0.6 is 0 Å².